The molecule has 412 valence electrons. The Morgan fingerprint density at radius 3 is 1.20 bits per heavy atom. The fourth-order valence-corrected chi connectivity index (χ4v) is 8.28. The van der Waals surface area contributed by atoms with Gasteiger partial charge in [-0.15, -0.1) is 0 Å². The summed E-state index contributed by atoms with van der Waals surface area (Å²) < 4.78 is 22.6. The number of hydrogen-bond donors (Lipinski definition) is 1. The maximum absolute atomic E-state index is 12.8. The van der Waals surface area contributed by atoms with Gasteiger partial charge in [-0.1, -0.05) is 248 Å². The largest absolute Gasteiger partial charge is 0.477 e. The molecule has 0 saturated carbocycles. The molecule has 0 aliphatic heterocycles. The third-order valence-electron chi connectivity index (χ3n) is 12.8. The maximum atomic E-state index is 12.8. The van der Waals surface area contributed by atoms with Crippen molar-refractivity contribution in [2.24, 2.45) is 0 Å². The van der Waals surface area contributed by atoms with Gasteiger partial charge < -0.3 is 28.5 Å². The minimum atomic E-state index is -1.50. The lowest BCUT2D eigenvalue weighted by Crippen LogP contribution is -2.40. The third kappa shape index (κ3) is 54.6. The van der Waals surface area contributed by atoms with Crippen molar-refractivity contribution in [1.29, 1.82) is 0 Å². The van der Waals surface area contributed by atoms with Crippen molar-refractivity contribution in [3.05, 3.63) is 60.8 Å². The topological polar surface area (TPSA) is 108 Å². The van der Waals surface area contributed by atoms with Crippen LogP contribution in [0.2, 0.25) is 0 Å². The summed E-state index contributed by atoms with van der Waals surface area (Å²) in [5.41, 5.74) is 0. The Balaban J connectivity index is 3.76. The van der Waals surface area contributed by atoms with Gasteiger partial charge in [-0.25, -0.2) is 4.79 Å². The molecular formula is C62H112NO8+. The number of quaternary nitrogens is 1. The number of esters is 2. The van der Waals surface area contributed by atoms with E-state index in [0.29, 0.717) is 17.4 Å². The molecule has 0 aromatic carbocycles. The van der Waals surface area contributed by atoms with Crippen LogP contribution in [0.15, 0.2) is 60.8 Å². The fraction of sp³-hybridized carbons (Fsp3) is 0.790. The molecule has 71 heavy (non-hydrogen) atoms. The van der Waals surface area contributed by atoms with Gasteiger partial charge in [-0.2, -0.15) is 0 Å². The number of carboxylic acid groups (broad SMARTS) is 1. The summed E-state index contributed by atoms with van der Waals surface area (Å²) in [4.78, 5) is 36.9. The number of rotatable bonds is 54. The molecule has 0 rings (SSSR count). The SMILES string of the molecule is CC/C=C\C/C=C\C/C=C\C/C=C\C/C=C\CCCCCCCCCCCCCCCCCCCCCCCCCCCC(=O)OC(COC(=O)CCCCCCC)COC(OCC[N+](C)(C)C)C(=O)O. The van der Waals surface area contributed by atoms with Gasteiger partial charge in [0.05, 0.1) is 34.4 Å². The number of likely N-dealkylation sites (N-methyl/N-ethyl adjacent to an activating group) is 1. The summed E-state index contributed by atoms with van der Waals surface area (Å²) in [5.74, 6) is -2.01. The Labute approximate surface area is 437 Å². The average Bonchev–Trinajstić information content (AvgIpc) is 3.34. The van der Waals surface area contributed by atoms with Gasteiger partial charge in [0.15, 0.2) is 6.10 Å². The summed E-state index contributed by atoms with van der Waals surface area (Å²) >= 11 is 0. The van der Waals surface area contributed by atoms with E-state index in [9.17, 15) is 19.5 Å². The second-order valence-corrected chi connectivity index (χ2v) is 20.9. The van der Waals surface area contributed by atoms with Crippen LogP contribution in [0.25, 0.3) is 0 Å². The van der Waals surface area contributed by atoms with Crippen LogP contribution in [0, 0.1) is 0 Å². The van der Waals surface area contributed by atoms with Crippen molar-refractivity contribution < 1.29 is 42.9 Å². The van der Waals surface area contributed by atoms with Crippen molar-refractivity contribution in [3.8, 4) is 0 Å². The predicted octanol–water partition coefficient (Wildman–Crippen LogP) is 17.2. The molecule has 9 heteroatoms. The van der Waals surface area contributed by atoms with E-state index in [1.807, 2.05) is 21.1 Å². The van der Waals surface area contributed by atoms with Crippen LogP contribution < -0.4 is 0 Å². The standard InChI is InChI=1S/C62H111NO8/c1-6-8-10-12-13-14-15-16-17-18-19-20-21-22-23-24-25-26-27-28-29-30-31-32-33-34-35-36-37-38-39-40-41-42-43-44-45-46-47-49-51-53-60(65)71-58(56-69-59(64)52-50-48-11-9-7-2)57-70-62(61(66)67)68-55-54-63(3,4)5/h8,10,13-14,16-17,19-20,22-23,58,62H,6-7,9,11-12,15,18,21,24-57H2,1-5H3/p+1/b10-8-,14-13-,17-16-,20-19-,23-22-. The van der Waals surface area contributed by atoms with Crippen LogP contribution in [-0.4, -0.2) is 87.4 Å². The lowest BCUT2D eigenvalue weighted by molar-refractivity contribution is -0.870. The summed E-state index contributed by atoms with van der Waals surface area (Å²) in [6.45, 7) is 4.68. The molecule has 0 aromatic heterocycles. The molecule has 0 radical (unpaired) electrons. The summed E-state index contributed by atoms with van der Waals surface area (Å²) in [7, 11) is 5.95. The van der Waals surface area contributed by atoms with Gasteiger partial charge >= 0.3 is 17.9 Å². The van der Waals surface area contributed by atoms with Crippen molar-refractivity contribution in [1.82, 2.24) is 0 Å². The highest BCUT2D eigenvalue weighted by Gasteiger charge is 2.25. The Morgan fingerprint density at radius 1 is 0.437 bits per heavy atom. The number of unbranched alkanes of at least 4 members (excludes halogenated alkanes) is 29. The molecule has 0 spiro atoms. The summed E-state index contributed by atoms with van der Waals surface area (Å²) in [6.07, 6.45) is 65.4. The second-order valence-electron chi connectivity index (χ2n) is 20.9. The number of carboxylic acids is 1. The monoisotopic (exact) mass is 999 g/mol. The molecule has 2 unspecified atom stereocenters. The van der Waals surface area contributed by atoms with Crippen molar-refractivity contribution >= 4 is 17.9 Å². The molecule has 1 N–H and O–H groups in total. The minimum Gasteiger partial charge on any atom is -0.477 e. The van der Waals surface area contributed by atoms with Gasteiger partial charge in [0, 0.05) is 12.8 Å². The molecule has 0 bridgehead atoms. The fourth-order valence-electron chi connectivity index (χ4n) is 8.28. The number of carbonyl (C=O) groups is 3. The van der Waals surface area contributed by atoms with E-state index in [-0.39, 0.29) is 32.2 Å². The molecule has 2 atom stereocenters. The molecule has 0 fully saturated rings. The van der Waals surface area contributed by atoms with E-state index in [1.165, 1.54) is 148 Å². The first-order valence-electron chi connectivity index (χ1n) is 29.5. The van der Waals surface area contributed by atoms with Gasteiger partial charge in [0.25, 0.3) is 6.29 Å². The zero-order valence-corrected chi connectivity index (χ0v) is 46.9. The van der Waals surface area contributed by atoms with Gasteiger partial charge in [-0.05, 0) is 57.8 Å². The van der Waals surface area contributed by atoms with E-state index >= 15 is 0 Å². The zero-order valence-electron chi connectivity index (χ0n) is 46.9. The van der Waals surface area contributed by atoms with Crippen LogP contribution in [-0.2, 0) is 33.3 Å². The van der Waals surface area contributed by atoms with Gasteiger partial charge in [0.2, 0.25) is 0 Å². The Hall–Kier alpha value is -3.01. The Bertz CT molecular complexity index is 1350. The van der Waals surface area contributed by atoms with E-state index in [0.717, 1.165) is 83.5 Å². The molecular weight excluding hydrogens is 887 g/mol. The lowest BCUT2D eigenvalue weighted by Gasteiger charge is -2.25. The minimum absolute atomic E-state index is 0.180. The van der Waals surface area contributed by atoms with Crippen LogP contribution in [0.4, 0.5) is 0 Å². The molecule has 0 aliphatic rings. The zero-order chi connectivity index (χ0) is 52.0. The molecule has 9 nitrogen and oxygen atoms in total. The van der Waals surface area contributed by atoms with E-state index in [4.69, 9.17) is 18.9 Å². The van der Waals surface area contributed by atoms with E-state index < -0.39 is 24.3 Å². The molecule has 0 saturated heterocycles. The number of carbonyl (C=O) groups excluding carboxylic acids is 2. The number of allylic oxidation sites excluding steroid dienone is 10. The van der Waals surface area contributed by atoms with Crippen molar-refractivity contribution in [2.45, 2.75) is 270 Å². The van der Waals surface area contributed by atoms with Crippen LogP contribution in [0.3, 0.4) is 0 Å². The predicted molar refractivity (Wildman–Crippen MR) is 300 cm³/mol. The average molecular weight is 1000 g/mol. The van der Waals surface area contributed by atoms with Crippen LogP contribution in [0.1, 0.15) is 258 Å². The highest BCUT2D eigenvalue weighted by molar-refractivity contribution is 5.71. The quantitative estimate of drug-likeness (QED) is 0.0211. The first-order chi connectivity index (χ1) is 34.6. The smallest absolute Gasteiger partial charge is 0.361 e. The Kier molecular flexibility index (Phi) is 51.0. The molecule has 0 heterocycles. The highest BCUT2D eigenvalue weighted by atomic mass is 16.7. The van der Waals surface area contributed by atoms with Crippen LogP contribution >= 0.6 is 0 Å². The number of nitrogens with zero attached hydrogens (tertiary/aromatic N) is 1. The highest BCUT2D eigenvalue weighted by Crippen LogP contribution is 2.17. The van der Waals surface area contributed by atoms with Gasteiger partial charge in [0.1, 0.15) is 13.2 Å². The lowest BCUT2D eigenvalue weighted by atomic mass is 10.0. The van der Waals surface area contributed by atoms with Crippen LogP contribution in [0.5, 0.6) is 0 Å². The molecule has 0 amide bonds. The first kappa shape index (κ1) is 68.0. The second kappa shape index (κ2) is 53.3. The third-order valence-corrected chi connectivity index (χ3v) is 12.8. The number of ether oxygens (including phenoxy) is 4. The van der Waals surface area contributed by atoms with Crippen molar-refractivity contribution in [2.75, 3.05) is 47.5 Å². The van der Waals surface area contributed by atoms with E-state index in [1.54, 1.807) is 0 Å². The van der Waals surface area contributed by atoms with Crippen molar-refractivity contribution in [3.63, 3.8) is 0 Å². The number of hydrogen-bond acceptors (Lipinski definition) is 7. The van der Waals surface area contributed by atoms with E-state index in [2.05, 4.69) is 74.6 Å². The summed E-state index contributed by atoms with van der Waals surface area (Å²) in [6, 6.07) is 0. The first-order valence-corrected chi connectivity index (χ1v) is 29.5. The Morgan fingerprint density at radius 2 is 0.803 bits per heavy atom. The molecule has 0 aromatic rings. The maximum Gasteiger partial charge on any atom is 0.361 e. The molecule has 0 aliphatic carbocycles. The number of aliphatic carboxylic acids is 1. The normalized spacial score (nSPS) is 13.2. The van der Waals surface area contributed by atoms with Gasteiger partial charge in [-0.3, -0.25) is 9.59 Å². The summed E-state index contributed by atoms with van der Waals surface area (Å²) in [5, 5.41) is 9.62.